The fraction of sp³-hybridized carbons (Fsp3) is 1.00. The summed E-state index contributed by atoms with van der Waals surface area (Å²) in [7, 11) is -1.76. The van der Waals surface area contributed by atoms with E-state index in [0.29, 0.717) is 25.6 Å². The highest BCUT2D eigenvalue weighted by Crippen LogP contribution is 2.25. The van der Waals surface area contributed by atoms with E-state index in [9.17, 15) is 8.42 Å². The van der Waals surface area contributed by atoms with E-state index in [2.05, 4.69) is 0 Å². The zero-order valence-electron chi connectivity index (χ0n) is 10.7. The van der Waals surface area contributed by atoms with Crippen LogP contribution in [0.15, 0.2) is 0 Å². The number of alkyl halides is 1. The van der Waals surface area contributed by atoms with E-state index in [0.717, 1.165) is 25.7 Å². The van der Waals surface area contributed by atoms with E-state index in [4.69, 9.17) is 16.3 Å². The van der Waals surface area contributed by atoms with Gasteiger partial charge in [0.1, 0.15) is 0 Å². The number of likely N-dealkylation sites (N-methyl/N-ethyl adjacent to an activating group) is 1. The second-order valence-corrected chi connectivity index (χ2v) is 7.21. The van der Waals surface area contributed by atoms with Crippen LogP contribution in [-0.2, 0) is 14.9 Å². The summed E-state index contributed by atoms with van der Waals surface area (Å²) in [6.07, 6.45) is 3.61. The maximum Gasteiger partial charge on any atom is 0.282 e. The first-order valence-electron chi connectivity index (χ1n) is 6.46. The van der Waals surface area contributed by atoms with Crippen LogP contribution in [0.2, 0.25) is 0 Å². The first-order valence-corrected chi connectivity index (χ1v) is 8.39. The number of hydrogen-bond acceptors (Lipinski definition) is 3. The molecule has 2 heterocycles. The summed E-state index contributed by atoms with van der Waals surface area (Å²) in [5, 5.41) is 0. The molecule has 2 aliphatic heterocycles. The summed E-state index contributed by atoms with van der Waals surface area (Å²) in [6.45, 7) is 1.72. The van der Waals surface area contributed by atoms with Crippen LogP contribution in [0.1, 0.15) is 25.7 Å². The van der Waals surface area contributed by atoms with Crippen molar-refractivity contribution in [2.45, 2.75) is 37.8 Å². The third kappa shape index (κ3) is 2.82. The maximum atomic E-state index is 12.6. The minimum atomic E-state index is -3.40. The average molecular weight is 297 g/mol. The molecule has 2 atom stereocenters. The van der Waals surface area contributed by atoms with Gasteiger partial charge in [-0.25, -0.2) is 0 Å². The lowest BCUT2D eigenvalue weighted by Gasteiger charge is -2.37. The van der Waals surface area contributed by atoms with Gasteiger partial charge in [-0.05, 0) is 19.3 Å². The van der Waals surface area contributed by atoms with Gasteiger partial charge >= 0.3 is 0 Å². The number of rotatable bonds is 4. The zero-order valence-corrected chi connectivity index (χ0v) is 12.3. The normalized spacial score (nSPS) is 31.1. The van der Waals surface area contributed by atoms with Crippen LogP contribution >= 0.6 is 11.6 Å². The summed E-state index contributed by atoms with van der Waals surface area (Å²) in [4.78, 5) is 0. The molecule has 0 aromatic heterocycles. The molecule has 0 spiro atoms. The van der Waals surface area contributed by atoms with Crippen LogP contribution in [0.3, 0.4) is 0 Å². The van der Waals surface area contributed by atoms with E-state index in [1.165, 1.54) is 4.31 Å². The van der Waals surface area contributed by atoms with Crippen molar-refractivity contribution < 1.29 is 13.2 Å². The van der Waals surface area contributed by atoms with Crippen molar-refractivity contribution in [3.8, 4) is 0 Å². The van der Waals surface area contributed by atoms with Gasteiger partial charge in [-0.1, -0.05) is 6.42 Å². The molecule has 0 amide bonds. The van der Waals surface area contributed by atoms with Crippen LogP contribution in [0.5, 0.6) is 0 Å². The van der Waals surface area contributed by atoms with Gasteiger partial charge in [0.05, 0.1) is 12.6 Å². The highest BCUT2D eigenvalue weighted by Gasteiger charge is 2.38. The Bertz CT molecular complexity index is 370. The molecular weight excluding hydrogens is 276 g/mol. The van der Waals surface area contributed by atoms with Gasteiger partial charge in [-0.15, -0.1) is 11.6 Å². The number of nitrogens with zero attached hydrogens (tertiary/aromatic N) is 2. The monoisotopic (exact) mass is 296 g/mol. The van der Waals surface area contributed by atoms with Crippen LogP contribution in [0, 0.1) is 0 Å². The Labute approximate surface area is 114 Å². The molecular formula is C11H21ClN2O3S. The Balaban J connectivity index is 2.12. The molecule has 0 saturated carbocycles. The highest BCUT2D eigenvalue weighted by molar-refractivity contribution is 7.86. The summed E-state index contributed by atoms with van der Waals surface area (Å²) in [5.41, 5.74) is 0. The van der Waals surface area contributed by atoms with Crippen molar-refractivity contribution >= 4 is 21.8 Å². The van der Waals surface area contributed by atoms with Crippen LogP contribution in [-0.4, -0.2) is 61.8 Å². The predicted molar refractivity (Wildman–Crippen MR) is 71.0 cm³/mol. The van der Waals surface area contributed by atoms with Crippen LogP contribution in [0.25, 0.3) is 0 Å². The number of hydrogen-bond donors (Lipinski definition) is 0. The van der Waals surface area contributed by atoms with Gasteiger partial charge in [0, 0.05) is 32.1 Å². The Kier molecular flexibility index (Phi) is 4.88. The molecule has 2 aliphatic rings. The molecule has 5 nitrogen and oxygen atoms in total. The minimum Gasteiger partial charge on any atom is -0.380 e. The van der Waals surface area contributed by atoms with E-state index < -0.39 is 10.2 Å². The van der Waals surface area contributed by atoms with Gasteiger partial charge < -0.3 is 4.74 Å². The molecule has 2 unspecified atom stereocenters. The molecule has 2 rings (SSSR count). The lowest BCUT2D eigenvalue weighted by Crippen LogP contribution is -2.52. The summed E-state index contributed by atoms with van der Waals surface area (Å²) in [5.74, 6) is 0.369. The minimum absolute atomic E-state index is 0.0343. The van der Waals surface area contributed by atoms with Gasteiger partial charge in [0.25, 0.3) is 10.2 Å². The molecule has 0 radical (unpaired) electrons. The smallest absolute Gasteiger partial charge is 0.282 e. The molecule has 7 heteroatoms. The van der Waals surface area contributed by atoms with Crippen molar-refractivity contribution in [3.05, 3.63) is 0 Å². The van der Waals surface area contributed by atoms with Gasteiger partial charge in [0.15, 0.2) is 0 Å². The largest absolute Gasteiger partial charge is 0.380 e. The fourth-order valence-electron chi connectivity index (χ4n) is 2.59. The van der Waals surface area contributed by atoms with Crippen molar-refractivity contribution in [2.75, 3.05) is 32.7 Å². The fourth-order valence-corrected chi connectivity index (χ4v) is 4.79. The van der Waals surface area contributed by atoms with Crippen molar-refractivity contribution in [3.63, 3.8) is 0 Å². The van der Waals surface area contributed by atoms with E-state index >= 15 is 0 Å². The molecule has 0 aromatic rings. The molecule has 0 N–H and O–H groups in total. The molecule has 0 bridgehead atoms. The topological polar surface area (TPSA) is 49.9 Å². The third-order valence-electron chi connectivity index (χ3n) is 3.83. The summed E-state index contributed by atoms with van der Waals surface area (Å²) >= 11 is 5.90. The quantitative estimate of drug-likeness (QED) is 0.729. The third-order valence-corrected chi connectivity index (χ3v) is 6.29. The van der Waals surface area contributed by atoms with Crippen LogP contribution < -0.4 is 0 Å². The molecule has 0 aliphatic carbocycles. The first kappa shape index (κ1) is 14.5. The number of ether oxygens (including phenoxy) is 1. The van der Waals surface area contributed by atoms with Gasteiger partial charge in [-0.2, -0.15) is 17.0 Å². The highest BCUT2D eigenvalue weighted by atomic mass is 35.5. The average Bonchev–Trinajstić information content (AvgIpc) is 2.91. The molecule has 2 fully saturated rings. The molecule has 106 valence electrons. The molecule has 2 saturated heterocycles. The molecule has 18 heavy (non-hydrogen) atoms. The second-order valence-electron chi connectivity index (χ2n) is 4.96. The lowest BCUT2D eigenvalue weighted by atomic mass is 10.1. The predicted octanol–water partition coefficient (Wildman–Crippen LogP) is 1.05. The number of halogens is 1. The van der Waals surface area contributed by atoms with E-state index in [1.807, 2.05) is 0 Å². The van der Waals surface area contributed by atoms with Crippen molar-refractivity contribution in [1.82, 2.24) is 8.61 Å². The van der Waals surface area contributed by atoms with Crippen LogP contribution in [0.4, 0.5) is 0 Å². The first-order chi connectivity index (χ1) is 8.57. The molecule has 0 aromatic carbocycles. The number of piperidine rings is 1. The van der Waals surface area contributed by atoms with Crippen molar-refractivity contribution in [1.29, 1.82) is 0 Å². The Morgan fingerprint density at radius 1 is 1.39 bits per heavy atom. The standard InChI is InChI=1S/C11H21ClN2O3S/c1-13(11-5-7-17-9-11)18(15,16)14-6-3-2-4-10(14)8-12/h10-11H,2-9H2,1H3. The van der Waals surface area contributed by atoms with Gasteiger partial charge in [0.2, 0.25) is 0 Å². The second kappa shape index (κ2) is 6.05. The Hall–Kier alpha value is 0.120. The van der Waals surface area contributed by atoms with E-state index in [1.54, 1.807) is 11.4 Å². The summed E-state index contributed by atoms with van der Waals surface area (Å²) < 4.78 is 33.5. The Morgan fingerprint density at radius 3 is 2.78 bits per heavy atom. The lowest BCUT2D eigenvalue weighted by molar-refractivity contribution is 0.176. The SMILES string of the molecule is CN(C1CCOC1)S(=O)(=O)N1CCCCC1CCl. The Morgan fingerprint density at radius 2 is 2.17 bits per heavy atom. The van der Waals surface area contributed by atoms with Gasteiger partial charge in [-0.3, -0.25) is 0 Å². The van der Waals surface area contributed by atoms with Crippen molar-refractivity contribution in [2.24, 2.45) is 0 Å². The maximum absolute atomic E-state index is 12.6. The van der Waals surface area contributed by atoms with E-state index in [-0.39, 0.29) is 12.1 Å². The summed E-state index contributed by atoms with van der Waals surface area (Å²) in [6, 6.07) is -0.0944. The zero-order chi connectivity index (χ0) is 13.2.